The molecule has 2 heterocycles. The van der Waals surface area contributed by atoms with Gasteiger partial charge in [0.15, 0.2) is 0 Å². The van der Waals surface area contributed by atoms with Crippen molar-refractivity contribution in [2.75, 3.05) is 4.72 Å². The number of benzene rings is 2. The molecule has 2 aromatic carbocycles. The van der Waals surface area contributed by atoms with Crippen molar-refractivity contribution in [3.8, 4) is 17.4 Å². The Balaban J connectivity index is 1.49. The van der Waals surface area contributed by atoms with Crippen LogP contribution in [0, 0.1) is 0 Å². The normalized spacial score (nSPS) is 15.7. The Morgan fingerprint density at radius 2 is 1.96 bits per heavy atom. The van der Waals surface area contributed by atoms with Gasteiger partial charge in [0.25, 0.3) is 10.0 Å². The molecule has 0 fully saturated rings. The van der Waals surface area contributed by atoms with Gasteiger partial charge in [0.2, 0.25) is 5.88 Å². The highest BCUT2D eigenvalue weighted by atomic mass is 32.2. The molecule has 138 valence electrons. The second-order valence-electron chi connectivity index (χ2n) is 6.18. The van der Waals surface area contributed by atoms with E-state index in [1.165, 1.54) is 12.4 Å². The summed E-state index contributed by atoms with van der Waals surface area (Å²) >= 11 is 0. The predicted octanol–water partition coefficient (Wildman–Crippen LogP) is 3.39. The summed E-state index contributed by atoms with van der Waals surface area (Å²) < 4.78 is 39.1. The summed E-state index contributed by atoms with van der Waals surface area (Å²) in [6, 6.07) is 11.5. The first kappa shape index (κ1) is 17.3. The highest BCUT2D eigenvalue weighted by Gasteiger charge is 2.22. The highest BCUT2D eigenvalue weighted by Crippen LogP contribution is 2.31. The van der Waals surface area contributed by atoms with Crippen LogP contribution in [-0.4, -0.2) is 24.5 Å². The maximum absolute atomic E-state index is 12.7. The van der Waals surface area contributed by atoms with E-state index in [9.17, 15) is 8.42 Å². The van der Waals surface area contributed by atoms with Crippen molar-refractivity contribution in [3.63, 3.8) is 0 Å². The van der Waals surface area contributed by atoms with E-state index in [1.54, 1.807) is 48.7 Å². The zero-order chi connectivity index (χ0) is 18.9. The van der Waals surface area contributed by atoms with Crippen LogP contribution in [-0.2, 0) is 16.4 Å². The molecular formula is C19H17N3O4S. The lowest BCUT2D eigenvalue weighted by molar-refractivity contribution is 0.254. The lowest BCUT2D eigenvalue weighted by Crippen LogP contribution is -2.13. The molecule has 0 aliphatic carbocycles. The number of hydrogen-bond acceptors (Lipinski definition) is 6. The predicted molar refractivity (Wildman–Crippen MR) is 99.6 cm³/mol. The van der Waals surface area contributed by atoms with Gasteiger partial charge < -0.3 is 9.47 Å². The van der Waals surface area contributed by atoms with Crippen molar-refractivity contribution in [1.82, 2.24) is 9.97 Å². The number of hydrogen-bond donors (Lipinski definition) is 1. The number of anilines is 1. The van der Waals surface area contributed by atoms with Crippen molar-refractivity contribution in [3.05, 3.63) is 66.6 Å². The highest BCUT2D eigenvalue weighted by molar-refractivity contribution is 7.92. The van der Waals surface area contributed by atoms with Crippen molar-refractivity contribution >= 4 is 15.7 Å². The molecule has 27 heavy (non-hydrogen) atoms. The van der Waals surface area contributed by atoms with E-state index in [0.29, 0.717) is 23.7 Å². The van der Waals surface area contributed by atoms with Crippen LogP contribution in [0.2, 0.25) is 0 Å². The Kier molecular flexibility index (Phi) is 4.41. The van der Waals surface area contributed by atoms with Crippen LogP contribution >= 0.6 is 0 Å². The lowest BCUT2D eigenvalue weighted by atomic mass is 10.1. The maximum atomic E-state index is 12.7. The molecule has 3 aromatic rings. The first-order valence-corrected chi connectivity index (χ1v) is 9.84. The fraction of sp³-hybridized carbons (Fsp3) is 0.158. The quantitative estimate of drug-likeness (QED) is 0.726. The fourth-order valence-electron chi connectivity index (χ4n) is 2.83. The van der Waals surface area contributed by atoms with E-state index < -0.39 is 10.0 Å². The lowest BCUT2D eigenvalue weighted by Gasteiger charge is -2.10. The van der Waals surface area contributed by atoms with Gasteiger partial charge in [-0.15, -0.1) is 0 Å². The standard InChI is InChI=1S/C19H17N3O4S/c1-13-10-14-11-17(6-7-18(14)25-13)27(23,24)22-15-2-4-16(5-3-15)26-19-12-20-8-9-21-19/h2-9,11-13,22H,10H2,1H3. The third-order valence-electron chi connectivity index (χ3n) is 4.05. The van der Waals surface area contributed by atoms with Gasteiger partial charge in [-0.25, -0.2) is 13.4 Å². The molecule has 0 saturated heterocycles. The Bertz CT molecular complexity index is 1050. The molecule has 1 unspecified atom stereocenters. The van der Waals surface area contributed by atoms with Crippen LogP contribution < -0.4 is 14.2 Å². The van der Waals surface area contributed by atoms with Crippen LogP contribution in [0.25, 0.3) is 0 Å². The molecule has 1 aromatic heterocycles. The molecule has 8 heteroatoms. The van der Waals surface area contributed by atoms with Gasteiger partial charge >= 0.3 is 0 Å². The number of nitrogens with one attached hydrogen (secondary N) is 1. The number of nitrogens with zero attached hydrogens (tertiary/aromatic N) is 2. The molecule has 0 radical (unpaired) electrons. The van der Waals surface area contributed by atoms with E-state index in [4.69, 9.17) is 9.47 Å². The third kappa shape index (κ3) is 3.85. The van der Waals surface area contributed by atoms with Crippen molar-refractivity contribution in [2.24, 2.45) is 0 Å². The van der Waals surface area contributed by atoms with Crippen LogP contribution in [0.5, 0.6) is 17.4 Å². The molecule has 0 spiro atoms. The van der Waals surface area contributed by atoms with E-state index in [-0.39, 0.29) is 11.0 Å². The summed E-state index contributed by atoms with van der Waals surface area (Å²) in [5, 5.41) is 0. The summed E-state index contributed by atoms with van der Waals surface area (Å²) in [6.45, 7) is 1.96. The van der Waals surface area contributed by atoms with Crippen LogP contribution in [0.3, 0.4) is 0 Å². The van der Waals surface area contributed by atoms with Crippen molar-refractivity contribution < 1.29 is 17.9 Å². The Morgan fingerprint density at radius 1 is 1.15 bits per heavy atom. The monoisotopic (exact) mass is 383 g/mol. The molecule has 1 N–H and O–H groups in total. The zero-order valence-corrected chi connectivity index (χ0v) is 15.3. The summed E-state index contributed by atoms with van der Waals surface area (Å²) in [6.07, 6.45) is 5.34. The average molecular weight is 383 g/mol. The van der Waals surface area contributed by atoms with E-state index in [2.05, 4.69) is 14.7 Å². The van der Waals surface area contributed by atoms with Gasteiger partial charge in [0.1, 0.15) is 17.6 Å². The van der Waals surface area contributed by atoms with Gasteiger partial charge in [-0.1, -0.05) is 0 Å². The van der Waals surface area contributed by atoms with E-state index in [1.807, 2.05) is 6.92 Å². The Hall–Kier alpha value is -3.13. The largest absolute Gasteiger partial charge is 0.490 e. The van der Waals surface area contributed by atoms with Gasteiger partial charge in [0, 0.05) is 24.5 Å². The molecular weight excluding hydrogens is 366 g/mol. The summed E-state index contributed by atoms with van der Waals surface area (Å²) in [4.78, 5) is 8.15. The van der Waals surface area contributed by atoms with Gasteiger partial charge in [0.05, 0.1) is 11.1 Å². The molecule has 1 aliphatic rings. The second kappa shape index (κ2) is 6.88. The average Bonchev–Trinajstić information content (AvgIpc) is 3.03. The van der Waals surface area contributed by atoms with Gasteiger partial charge in [-0.3, -0.25) is 9.71 Å². The second-order valence-corrected chi connectivity index (χ2v) is 7.86. The molecule has 1 atom stereocenters. The minimum atomic E-state index is -3.69. The maximum Gasteiger partial charge on any atom is 0.261 e. The van der Waals surface area contributed by atoms with Crippen LogP contribution in [0.4, 0.5) is 5.69 Å². The minimum absolute atomic E-state index is 0.0627. The Morgan fingerprint density at radius 3 is 2.70 bits per heavy atom. The smallest absolute Gasteiger partial charge is 0.261 e. The number of sulfonamides is 1. The Labute approximate surface area is 157 Å². The SMILES string of the molecule is CC1Cc2cc(S(=O)(=O)Nc3ccc(Oc4cnccn4)cc3)ccc2O1. The summed E-state index contributed by atoms with van der Waals surface area (Å²) in [7, 11) is -3.69. The first-order valence-electron chi connectivity index (χ1n) is 8.36. The molecule has 1 aliphatic heterocycles. The minimum Gasteiger partial charge on any atom is -0.490 e. The van der Waals surface area contributed by atoms with E-state index in [0.717, 1.165) is 11.3 Å². The van der Waals surface area contributed by atoms with Crippen molar-refractivity contribution in [2.45, 2.75) is 24.3 Å². The topological polar surface area (TPSA) is 90.4 Å². The fourth-order valence-corrected chi connectivity index (χ4v) is 3.94. The van der Waals surface area contributed by atoms with Crippen LogP contribution in [0.1, 0.15) is 12.5 Å². The van der Waals surface area contributed by atoms with Gasteiger partial charge in [-0.05, 0) is 55.0 Å². The van der Waals surface area contributed by atoms with Crippen LogP contribution in [0.15, 0.2) is 66.0 Å². The summed E-state index contributed by atoms with van der Waals surface area (Å²) in [5.74, 6) is 1.63. The first-order chi connectivity index (χ1) is 13.0. The van der Waals surface area contributed by atoms with Gasteiger partial charge in [-0.2, -0.15) is 0 Å². The molecule has 4 rings (SSSR count). The number of fused-ring (bicyclic) bond motifs is 1. The number of ether oxygens (including phenoxy) is 2. The number of aromatic nitrogens is 2. The molecule has 0 amide bonds. The number of rotatable bonds is 5. The summed E-state index contributed by atoms with van der Waals surface area (Å²) in [5.41, 5.74) is 1.34. The molecule has 0 saturated carbocycles. The molecule has 0 bridgehead atoms. The zero-order valence-electron chi connectivity index (χ0n) is 14.5. The van der Waals surface area contributed by atoms with E-state index >= 15 is 0 Å². The molecule has 7 nitrogen and oxygen atoms in total. The van der Waals surface area contributed by atoms with Crippen molar-refractivity contribution in [1.29, 1.82) is 0 Å². The third-order valence-corrected chi connectivity index (χ3v) is 5.43.